The first kappa shape index (κ1) is 29.6. The summed E-state index contributed by atoms with van der Waals surface area (Å²) in [5, 5.41) is 3.40. The molecular formula is C26H37ClN4O4S. The maximum atomic E-state index is 13.8. The molecule has 0 spiro atoms. The fourth-order valence-corrected chi connectivity index (χ4v) is 4.90. The van der Waals surface area contributed by atoms with Gasteiger partial charge in [0.2, 0.25) is 11.8 Å². The molecule has 8 nitrogen and oxygen atoms in total. The van der Waals surface area contributed by atoms with Crippen LogP contribution in [0.15, 0.2) is 42.5 Å². The summed E-state index contributed by atoms with van der Waals surface area (Å²) in [6, 6.07) is 11.6. The van der Waals surface area contributed by atoms with Crippen LogP contribution < -0.4 is 9.62 Å². The summed E-state index contributed by atoms with van der Waals surface area (Å²) in [5.74, 6) is -0.857. The molecule has 0 radical (unpaired) electrons. The predicted octanol–water partition coefficient (Wildman–Crippen LogP) is 3.90. The van der Waals surface area contributed by atoms with Gasteiger partial charge in [0.15, 0.2) is 0 Å². The first-order chi connectivity index (χ1) is 16.5. The number of rotatable bonds is 9. The fraction of sp³-hybridized carbons (Fsp3) is 0.462. The average Bonchev–Trinajstić information content (AvgIpc) is 2.75. The molecular weight excluding hydrogens is 500 g/mol. The number of amides is 2. The molecule has 198 valence electrons. The van der Waals surface area contributed by atoms with Gasteiger partial charge in [-0.25, -0.2) is 4.31 Å². The Kier molecular flexibility index (Phi) is 9.56. The van der Waals surface area contributed by atoms with E-state index in [0.717, 1.165) is 19.7 Å². The Morgan fingerprint density at radius 3 is 2.25 bits per heavy atom. The van der Waals surface area contributed by atoms with Crippen molar-refractivity contribution < 1.29 is 18.0 Å². The maximum absolute atomic E-state index is 13.8. The van der Waals surface area contributed by atoms with E-state index in [0.29, 0.717) is 16.3 Å². The van der Waals surface area contributed by atoms with Gasteiger partial charge in [0, 0.05) is 31.2 Å². The summed E-state index contributed by atoms with van der Waals surface area (Å²) in [7, 11) is -1.18. The quantitative estimate of drug-likeness (QED) is 0.526. The molecule has 2 aromatic carbocycles. The summed E-state index contributed by atoms with van der Waals surface area (Å²) in [4.78, 5) is 28.2. The van der Waals surface area contributed by atoms with Crippen molar-refractivity contribution in [2.24, 2.45) is 0 Å². The van der Waals surface area contributed by atoms with E-state index < -0.39 is 34.2 Å². The molecule has 0 aromatic heterocycles. The second-order valence-electron chi connectivity index (χ2n) is 10.2. The van der Waals surface area contributed by atoms with Crippen LogP contribution in [-0.4, -0.2) is 61.7 Å². The number of nitrogens with one attached hydrogen (secondary N) is 1. The molecule has 0 bridgehead atoms. The van der Waals surface area contributed by atoms with E-state index in [1.54, 1.807) is 44.2 Å². The highest BCUT2D eigenvalue weighted by molar-refractivity contribution is 7.90. The second kappa shape index (κ2) is 11.6. The highest BCUT2D eigenvalue weighted by atomic mass is 35.5. The third-order valence-corrected chi connectivity index (χ3v) is 7.60. The Labute approximate surface area is 220 Å². The number of nitrogens with zero attached hydrogens (tertiary/aromatic N) is 3. The van der Waals surface area contributed by atoms with E-state index in [4.69, 9.17) is 11.6 Å². The van der Waals surface area contributed by atoms with Crippen LogP contribution in [0.5, 0.6) is 0 Å². The van der Waals surface area contributed by atoms with E-state index >= 15 is 0 Å². The minimum absolute atomic E-state index is 0.0841. The van der Waals surface area contributed by atoms with Crippen LogP contribution in [0.1, 0.15) is 44.4 Å². The van der Waals surface area contributed by atoms with E-state index in [1.165, 1.54) is 19.0 Å². The number of aryl methyl sites for hydroxylation is 2. The lowest BCUT2D eigenvalue weighted by atomic mass is 10.1. The smallest absolute Gasteiger partial charge is 0.304 e. The van der Waals surface area contributed by atoms with Gasteiger partial charge < -0.3 is 10.2 Å². The van der Waals surface area contributed by atoms with Crippen LogP contribution in [-0.2, 0) is 26.3 Å². The van der Waals surface area contributed by atoms with Gasteiger partial charge in [-0.05, 0) is 76.4 Å². The van der Waals surface area contributed by atoms with Crippen molar-refractivity contribution in [3.63, 3.8) is 0 Å². The van der Waals surface area contributed by atoms with Crippen LogP contribution >= 0.6 is 11.6 Å². The molecule has 0 fully saturated rings. The highest BCUT2D eigenvalue weighted by Gasteiger charge is 2.34. The molecule has 0 heterocycles. The Balaban J connectivity index is 2.53. The molecule has 0 saturated heterocycles. The van der Waals surface area contributed by atoms with Gasteiger partial charge in [-0.1, -0.05) is 35.9 Å². The Hall–Kier alpha value is -2.62. The van der Waals surface area contributed by atoms with Gasteiger partial charge in [0.25, 0.3) is 0 Å². The number of hydrogen-bond donors (Lipinski definition) is 1. The van der Waals surface area contributed by atoms with Crippen molar-refractivity contribution in [1.82, 2.24) is 14.5 Å². The number of carbonyl (C=O) groups excluding carboxylic acids is 2. The lowest BCUT2D eigenvalue weighted by Crippen LogP contribution is -2.55. The van der Waals surface area contributed by atoms with Gasteiger partial charge in [0.05, 0.1) is 5.69 Å². The summed E-state index contributed by atoms with van der Waals surface area (Å²) in [6.45, 7) is 10.5. The third-order valence-electron chi connectivity index (χ3n) is 5.56. The highest BCUT2D eigenvalue weighted by Crippen LogP contribution is 2.26. The van der Waals surface area contributed by atoms with Gasteiger partial charge in [-0.15, -0.1) is 0 Å². The average molecular weight is 537 g/mol. The van der Waals surface area contributed by atoms with Crippen molar-refractivity contribution in [2.45, 2.75) is 59.7 Å². The summed E-state index contributed by atoms with van der Waals surface area (Å²) < 4.78 is 28.8. The second-order valence-corrected chi connectivity index (χ2v) is 12.7. The predicted molar refractivity (Wildman–Crippen MR) is 145 cm³/mol. The van der Waals surface area contributed by atoms with Crippen molar-refractivity contribution in [1.29, 1.82) is 0 Å². The molecule has 2 rings (SSSR count). The lowest BCUT2D eigenvalue weighted by Gasteiger charge is -2.34. The van der Waals surface area contributed by atoms with Crippen molar-refractivity contribution in [2.75, 3.05) is 24.9 Å². The van der Waals surface area contributed by atoms with E-state index in [9.17, 15) is 18.0 Å². The first-order valence-corrected chi connectivity index (χ1v) is 13.4. The zero-order valence-electron chi connectivity index (χ0n) is 22.3. The third kappa shape index (κ3) is 7.69. The number of anilines is 1. The van der Waals surface area contributed by atoms with Crippen LogP contribution in [0.25, 0.3) is 0 Å². The molecule has 36 heavy (non-hydrogen) atoms. The lowest BCUT2D eigenvalue weighted by molar-refractivity contribution is -0.140. The summed E-state index contributed by atoms with van der Waals surface area (Å²) in [5.41, 5.74) is 2.19. The van der Waals surface area contributed by atoms with Crippen molar-refractivity contribution in [3.05, 3.63) is 64.2 Å². The standard InChI is InChI=1S/C26H37ClN4O4S/c1-18-12-13-19(2)23(14-18)31(36(34,35)29(7)8)17-24(32)30(16-21-10-9-11-22(27)15-21)20(3)25(33)28-26(4,5)6/h9-15,20H,16-17H2,1-8H3,(H,28,33). The molecule has 1 atom stereocenters. The zero-order valence-corrected chi connectivity index (χ0v) is 23.9. The van der Waals surface area contributed by atoms with Crippen LogP contribution in [0, 0.1) is 13.8 Å². The molecule has 0 aliphatic carbocycles. The van der Waals surface area contributed by atoms with Crippen LogP contribution in [0.4, 0.5) is 5.69 Å². The number of benzene rings is 2. The molecule has 10 heteroatoms. The van der Waals surface area contributed by atoms with Gasteiger partial charge in [0.1, 0.15) is 12.6 Å². The van der Waals surface area contributed by atoms with E-state index in [-0.39, 0.29) is 12.5 Å². The molecule has 1 unspecified atom stereocenters. The minimum atomic E-state index is -4.02. The Bertz CT molecular complexity index is 1210. The molecule has 2 amide bonds. The SMILES string of the molecule is Cc1ccc(C)c(N(CC(=O)N(Cc2cccc(Cl)c2)C(C)C(=O)NC(C)(C)C)S(=O)(=O)N(C)C)c1. The van der Waals surface area contributed by atoms with E-state index in [2.05, 4.69) is 5.32 Å². The molecule has 1 N–H and O–H groups in total. The monoisotopic (exact) mass is 536 g/mol. The van der Waals surface area contributed by atoms with Crippen LogP contribution in [0.3, 0.4) is 0 Å². The van der Waals surface area contributed by atoms with Gasteiger partial charge in [-0.3, -0.25) is 9.59 Å². The largest absolute Gasteiger partial charge is 0.350 e. The molecule has 0 saturated carbocycles. The molecule has 0 aliphatic rings. The van der Waals surface area contributed by atoms with Crippen LogP contribution in [0.2, 0.25) is 5.02 Å². The number of hydrogen-bond acceptors (Lipinski definition) is 4. The van der Waals surface area contributed by atoms with E-state index in [1.807, 2.05) is 39.8 Å². The van der Waals surface area contributed by atoms with Gasteiger partial charge >= 0.3 is 10.2 Å². The summed E-state index contributed by atoms with van der Waals surface area (Å²) in [6.07, 6.45) is 0. The van der Waals surface area contributed by atoms with Gasteiger partial charge in [-0.2, -0.15) is 12.7 Å². The summed E-state index contributed by atoms with van der Waals surface area (Å²) >= 11 is 6.15. The van der Waals surface area contributed by atoms with Crippen molar-refractivity contribution in [3.8, 4) is 0 Å². The van der Waals surface area contributed by atoms with Crippen molar-refractivity contribution >= 4 is 39.3 Å². The minimum Gasteiger partial charge on any atom is -0.350 e. The number of halogens is 1. The fourth-order valence-electron chi connectivity index (χ4n) is 3.58. The first-order valence-electron chi connectivity index (χ1n) is 11.7. The molecule has 0 aliphatic heterocycles. The topological polar surface area (TPSA) is 90.0 Å². The molecule has 2 aromatic rings. The maximum Gasteiger partial charge on any atom is 0.304 e. The Morgan fingerprint density at radius 2 is 1.69 bits per heavy atom. The Morgan fingerprint density at radius 1 is 1.06 bits per heavy atom. The normalized spacial score (nSPS) is 12.8. The zero-order chi connectivity index (χ0) is 27.4. The number of carbonyl (C=O) groups is 2.